The summed E-state index contributed by atoms with van der Waals surface area (Å²) >= 11 is 0. The minimum absolute atomic E-state index is 0. The van der Waals surface area contributed by atoms with E-state index in [1.54, 1.807) is 0 Å². The number of benzene rings is 1. The molecule has 0 nitrogen and oxygen atoms in total. The van der Waals surface area contributed by atoms with Crippen LogP contribution in [0.1, 0.15) is 27.8 Å². The first kappa shape index (κ1) is 11.7. The molecule has 0 aliphatic carbocycles. The van der Waals surface area contributed by atoms with Gasteiger partial charge in [-0.3, -0.25) is 0 Å². The summed E-state index contributed by atoms with van der Waals surface area (Å²) in [5.41, 5.74) is 6.56. The van der Waals surface area contributed by atoms with Gasteiger partial charge in [0, 0.05) is 0 Å². The predicted molar refractivity (Wildman–Crippen MR) is 49.8 cm³/mol. The van der Waals surface area contributed by atoms with Crippen molar-refractivity contribution < 1.29 is 18.9 Å². The van der Waals surface area contributed by atoms with Gasteiger partial charge in [-0.2, -0.15) is 18.1 Å². The molecule has 0 radical (unpaired) electrons. The normalized spacial score (nSPS) is 9.33. The van der Waals surface area contributed by atoms with Crippen LogP contribution in [0.2, 0.25) is 0 Å². The van der Waals surface area contributed by atoms with Gasteiger partial charge >= 0.3 is 18.9 Å². The van der Waals surface area contributed by atoms with Crippen LogP contribution in [0.25, 0.3) is 0 Å². The maximum atomic E-state index is 4.02. The van der Waals surface area contributed by atoms with Crippen LogP contribution in [-0.2, 0) is 0 Å². The Kier molecular flexibility index (Phi) is 3.97. The zero-order valence-corrected chi connectivity index (χ0v) is 8.78. The number of rotatable bonds is 0. The van der Waals surface area contributed by atoms with Gasteiger partial charge in [0.2, 0.25) is 0 Å². The van der Waals surface area contributed by atoms with E-state index in [1.165, 1.54) is 27.8 Å². The molecule has 0 spiro atoms. The summed E-state index contributed by atoms with van der Waals surface area (Å²) in [5, 5.41) is 0. The Bertz CT molecular complexity index is 261. The molecule has 1 aromatic carbocycles. The topological polar surface area (TPSA) is 0 Å². The smallest absolute Gasteiger partial charge is 0.198 e. The van der Waals surface area contributed by atoms with Crippen LogP contribution >= 0.6 is 0 Å². The van der Waals surface area contributed by atoms with Crippen molar-refractivity contribution >= 4 is 0 Å². The minimum atomic E-state index is 0. The van der Waals surface area contributed by atoms with Gasteiger partial charge in [-0.05, 0) is 6.92 Å². The fourth-order valence-corrected chi connectivity index (χ4v) is 1.34. The third-order valence-corrected chi connectivity index (χ3v) is 2.52. The molecule has 0 unspecified atom stereocenters. The number of hydrogen-bond donors (Lipinski definition) is 0. The Labute approximate surface area is 87.6 Å². The van der Waals surface area contributed by atoms with Crippen LogP contribution in [0, 0.1) is 34.6 Å². The van der Waals surface area contributed by atoms with Crippen molar-refractivity contribution in [1.82, 2.24) is 0 Å². The van der Waals surface area contributed by atoms with E-state index < -0.39 is 0 Å². The Morgan fingerprint density at radius 3 is 1.92 bits per heavy atom. The van der Waals surface area contributed by atoms with Crippen LogP contribution in [0.5, 0.6) is 0 Å². The molecule has 0 aromatic heterocycles. The monoisotopic (exact) mass is 154 g/mol. The molecule has 0 heterocycles. The molecule has 12 heavy (non-hydrogen) atoms. The molecule has 1 heteroatoms. The van der Waals surface area contributed by atoms with Crippen LogP contribution in [0.15, 0.2) is 6.07 Å². The van der Waals surface area contributed by atoms with Gasteiger partial charge in [0.15, 0.2) is 0 Å². The van der Waals surface area contributed by atoms with E-state index in [4.69, 9.17) is 0 Å². The average molecular weight is 154 g/mol. The first-order valence-electron chi connectivity index (χ1n) is 3.93. The predicted octanol–water partition coefficient (Wildman–Crippen LogP) is 0.106. The molecule has 0 aliphatic heterocycles. The number of hydrogen-bond acceptors (Lipinski definition) is 0. The summed E-state index contributed by atoms with van der Waals surface area (Å²) in [6.07, 6.45) is 0. The van der Waals surface area contributed by atoms with Crippen molar-refractivity contribution in [2.45, 2.75) is 27.7 Å². The summed E-state index contributed by atoms with van der Waals surface area (Å²) in [5.74, 6) is 0. The van der Waals surface area contributed by atoms with Crippen molar-refractivity contribution in [2.24, 2.45) is 0 Å². The van der Waals surface area contributed by atoms with Crippen molar-refractivity contribution in [3.05, 3.63) is 40.8 Å². The zero-order chi connectivity index (χ0) is 8.59. The first-order valence-corrected chi connectivity index (χ1v) is 3.93. The van der Waals surface area contributed by atoms with Gasteiger partial charge in [0.25, 0.3) is 0 Å². The van der Waals surface area contributed by atoms with E-state index in [-0.39, 0.29) is 18.9 Å². The van der Waals surface area contributed by atoms with Crippen molar-refractivity contribution in [2.75, 3.05) is 0 Å². The van der Waals surface area contributed by atoms with Gasteiger partial charge in [-0.25, -0.2) is 0 Å². The van der Waals surface area contributed by atoms with Crippen LogP contribution in [-0.4, -0.2) is 0 Å². The quantitative estimate of drug-likeness (QED) is 0.367. The van der Waals surface area contributed by atoms with E-state index in [2.05, 4.69) is 40.7 Å². The molecule has 60 valence electrons. The van der Waals surface area contributed by atoms with E-state index in [9.17, 15) is 0 Å². The summed E-state index contributed by atoms with van der Waals surface area (Å²) in [6.45, 7) is 12.6. The molecule has 0 aliphatic rings. The minimum Gasteiger partial charge on any atom is -0.198 e. The Balaban J connectivity index is 0.00000121. The molecule has 0 bridgehead atoms. The molecule has 0 saturated carbocycles. The standard InChI is InChI=1S/C11H15.Li/c1-7-6-8(2)10(4)11(5)9(7)3;/h6H,3H2,1-2,4-5H3;/q-1;+1. The van der Waals surface area contributed by atoms with Crippen molar-refractivity contribution in [1.29, 1.82) is 0 Å². The summed E-state index contributed by atoms with van der Waals surface area (Å²) < 4.78 is 0. The van der Waals surface area contributed by atoms with E-state index in [0.29, 0.717) is 0 Å². The maximum Gasteiger partial charge on any atom is 1.00 e. The van der Waals surface area contributed by atoms with Gasteiger partial charge in [0.1, 0.15) is 0 Å². The molecule has 0 N–H and O–H groups in total. The summed E-state index contributed by atoms with van der Waals surface area (Å²) in [6, 6.07) is 2.20. The molecule has 1 rings (SSSR count). The summed E-state index contributed by atoms with van der Waals surface area (Å²) in [7, 11) is 0. The Morgan fingerprint density at radius 1 is 0.917 bits per heavy atom. The van der Waals surface area contributed by atoms with Crippen LogP contribution < -0.4 is 18.9 Å². The molecule has 0 atom stereocenters. The van der Waals surface area contributed by atoms with E-state index >= 15 is 0 Å². The Morgan fingerprint density at radius 2 is 1.42 bits per heavy atom. The van der Waals surface area contributed by atoms with Gasteiger partial charge in [0.05, 0.1) is 0 Å². The zero-order valence-electron chi connectivity index (χ0n) is 8.78. The fraction of sp³-hybridized carbons (Fsp3) is 0.364. The van der Waals surface area contributed by atoms with E-state index in [0.717, 1.165) is 0 Å². The molecular formula is C11H15Li. The van der Waals surface area contributed by atoms with Crippen molar-refractivity contribution in [3.63, 3.8) is 0 Å². The van der Waals surface area contributed by atoms with Gasteiger partial charge in [-0.15, -0.1) is 17.2 Å². The second kappa shape index (κ2) is 4.08. The largest absolute Gasteiger partial charge is 1.00 e. The van der Waals surface area contributed by atoms with E-state index in [1.807, 2.05) is 0 Å². The average Bonchev–Trinajstić information content (AvgIpc) is 1.97. The molecule has 1 aromatic rings. The van der Waals surface area contributed by atoms with Crippen LogP contribution in [0.3, 0.4) is 0 Å². The van der Waals surface area contributed by atoms with Gasteiger partial charge in [-0.1, -0.05) is 26.3 Å². The molecule has 0 saturated heterocycles. The SMILES string of the molecule is [CH2-]c1c(C)cc(C)c(C)c1C.[Li+]. The molecule has 0 amide bonds. The first-order chi connectivity index (χ1) is 5.04. The number of aryl methyl sites for hydroxylation is 2. The third kappa shape index (κ3) is 1.89. The maximum absolute atomic E-state index is 4.02. The third-order valence-electron chi connectivity index (χ3n) is 2.52. The molecular weight excluding hydrogens is 139 g/mol. The second-order valence-corrected chi connectivity index (χ2v) is 3.24. The summed E-state index contributed by atoms with van der Waals surface area (Å²) in [4.78, 5) is 0. The van der Waals surface area contributed by atoms with Gasteiger partial charge < -0.3 is 0 Å². The van der Waals surface area contributed by atoms with Crippen molar-refractivity contribution in [3.8, 4) is 0 Å². The fourth-order valence-electron chi connectivity index (χ4n) is 1.34. The Hall–Kier alpha value is -0.313. The second-order valence-electron chi connectivity index (χ2n) is 3.24. The van der Waals surface area contributed by atoms with Crippen LogP contribution in [0.4, 0.5) is 0 Å². The molecule has 0 fully saturated rings.